The van der Waals surface area contributed by atoms with Gasteiger partial charge in [-0.15, -0.1) is 0 Å². The van der Waals surface area contributed by atoms with Gasteiger partial charge in [0, 0.05) is 0 Å². The molecule has 1 aromatic carbocycles. The summed E-state index contributed by atoms with van der Waals surface area (Å²) >= 11 is 17.1. The van der Waals surface area contributed by atoms with Crippen molar-refractivity contribution >= 4 is 40.6 Å². The van der Waals surface area contributed by atoms with E-state index in [0.717, 1.165) is 6.92 Å². The van der Waals surface area contributed by atoms with Crippen LogP contribution >= 0.6 is 34.8 Å². The molecular formula is C10H5Cl3FNO2. The number of nitriles is 1. The van der Waals surface area contributed by atoms with Crippen LogP contribution in [0.1, 0.15) is 17.3 Å². The normalized spacial score (nSPS) is 9.88. The highest BCUT2D eigenvalue weighted by Gasteiger charge is 2.25. The number of rotatable bonds is 3. The van der Waals surface area contributed by atoms with Crippen molar-refractivity contribution in [3.63, 3.8) is 0 Å². The quantitative estimate of drug-likeness (QED) is 0.483. The van der Waals surface area contributed by atoms with E-state index in [1.807, 2.05) is 0 Å². The predicted molar refractivity (Wildman–Crippen MR) is 62.5 cm³/mol. The number of ether oxygens (including phenoxy) is 1. The lowest BCUT2D eigenvalue weighted by Gasteiger charge is -2.12. The first kappa shape index (κ1) is 14.0. The third-order valence-corrected chi connectivity index (χ3v) is 3.03. The van der Waals surface area contributed by atoms with Crippen molar-refractivity contribution in [2.45, 2.75) is 6.92 Å². The van der Waals surface area contributed by atoms with Crippen LogP contribution in [0.2, 0.25) is 15.1 Å². The van der Waals surface area contributed by atoms with Crippen molar-refractivity contribution in [1.82, 2.24) is 0 Å². The van der Waals surface area contributed by atoms with Crippen LogP contribution in [-0.4, -0.2) is 12.4 Å². The lowest BCUT2D eigenvalue weighted by Crippen LogP contribution is -2.04. The molecule has 0 amide bonds. The fraction of sp³-hybridized carbons (Fsp3) is 0.200. The highest BCUT2D eigenvalue weighted by molar-refractivity contribution is 6.46. The Labute approximate surface area is 112 Å². The minimum Gasteiger partial charge on any atom is -0.476 e. The average Bonchev–Trinajstić information content (AvgIpc) is 2.26. The molecule has 0 saturated carbocycles. The summed E-state index contributed by atoms with van der Waals surface area (Å²) in [7, 11) is 0. The van der Waals surface area contributed by atoms with E-state index >= 15 is 0 Å². The standard InChI is InChI=1S/C10H5Cl3FNO2/c1-4(16)5-6(11)10(17-3-2-15)8(13)7(12)9(5)14/h3H2,1H3. The van der Waals surface area contributed by atoms with Crippen LogP contribution in [0, 0.1) is 17.1 Å². The van der Waals surface area contributed by atoms with Crippen molar-refractivity contribution in [2.75, 3.05) is 6.61 Å². The maximum absolute atomic E-state index is 13.6. The van der Waals surface area contributed by atoms with Crippen LogP contribution in [0.25, 0.3) is 0 Å². The third kappa shape index (κ3) is 2.63. The summed E-state index contributed by atoms with van der Waals surface area (Å²) in [6.07, 6.45) is 0. The number of carbonyl (C=O) groups excluding carboxylic acids is 1. The summed E-state index contributed by atoms with van der Waals surface area (Å²) in [5.74, 6) is -1.79. The molecule has 0 aromatic heterocycles. The molecular weight excluding hydrogens is 291 g/mol. The Bertz CT molecular complexity index is 526. The van der Waals surface area contributed by atoms with Gasteiger partial charge in [-0.25, -0.2) is 4.39 Å². The second-order valence-electron chi connectivity index (χ2n) is 2.96. The van der Waals surface area contributed by atoms with E-state index < -0.39 is 22.2 Å². The summed E-state index contributed by atoms with van der Waals surface area (Å²) < 4.78 is 18.5. The first-order valence-corrected chi connectivity index (χ1v) is 5.41. The van der Waals surface area contributed by atoms with Gasteiger partial charge in [-0.1, -0.05) is 34.8 Å². The second-order valence-corrected chi connectivity index (χ2v) is 4.10. The number of ketones is 1. The number of hydrogen-bond donors (Lipinski definition) is 0. The van der Waals surface area contributed by atoms with Gasteiger partial charge in [0.05, 0.1) is 15.6 Å². The molecule has 0 heterocycles. The number of benzene rings is 1. The molecule has 0 saturated heterocycles. The van der Waals surface area contributed by atoms with Crippen molar-refractivity contribution in [2.24, 2.45) is 0 Å². The SMILES string of the molecule is CC(=O)c1c(F)c(Cl)c(Cl)c(OCC#N)c1Cl. The Hall–Kier alpha value is -1.02. The summed E-state index contributed by atoms with van der Waals surface area (Å²) in [5, 5.41) is 7.35. The Balaban J connectivity index is 3.51. The molecule has 0 N–H and O–H groups in total. The molecule has 0 spiro atoms. The van der Waals surface area contributed by atoms with Crippen molar-refractivity contribution < 1.29 is 13.9 Å². The van der Waals surface area contributed by atoms with Gasteiger partial charge in [-0.3, -0.25) is 4.79 Å². The Morgan fingerprint density at radius 3 is 2.41 bits per heavy atom. The lowest BCUT2D eigenvalue weighted by atomic mass is 10.1. The van der Waals surface area contributed by atoms with Gasteiger partial charge in [0.25, 0.3) is 0 Å². The van der Waals surface area contributed by atoms with Gasteiger partial charge in [0.2, 0.25) is 0 Å². The van der Waals surface area contributed by atoms with Crippen molar-refractivity contribution in [1.29, 1.82) is 5.26 Å². The van der Waals surface area contributed by atoms with E-state index in [2.05, 4.69) is 0 Å². The molecule has 17 heavy (non-hydrogen) atoms. The molecule has 0 fully saturated rings. The van der Waals surface area contributed by atoms with E-state index in [0.29, 0.717) is 0 Å². The second kappa shape index (κ2) is 5.54. The third-order valence-electron chi connectivity index (χ3n) is 1.86. The molecule has 0 bridgehead atoms. The summed E-state index contributed by atoms with van der Waals surface area (Å²) in [6.45, 7) is 0.779. The first-order valence-electron chi connectivity index (χ1n) is 4.28. The van der Waals surface area contributed by atoms with Crippen LogP contribution in [-0.2, 0) is 0 Å². The zero-order valence-corrected chi connectivity index (χ0v) is 10.8. The van der Waals surface area contributed by atoms with Gasteiger partial charge in [-0.05, 0) is 6.92 Å². The Morgan fingerprint density at radius 2 is 1.94 bits per heavy atom. The molecule has 3 nitrogen and oxygen atoms in total. The van der Waals surface area contributed by atoms with Crippen molar-refractivity contribution in [3.05, 3.63) is 26.4 Å². The minimum atomic E-state index is -1.00. The number of hydrogen-bond acceptors (Lipinski definition) is 3. The molecule has 0 atom stereocenters. The summed E-state index contributed by atoms with van der Waals surface area (Å²) in [5.41, 5.74) is -0.408. The van der Waals surface area contributed by atoms with Crippen LogP contribution in [0.5, 0.6) is 5.75 Å². The lowest BCUT2D eigenvalue weighted by molar-refractivity contribution is 0.101. The molecule has 1 rings (SSSR count). The monoisotopic (exact) mass is 295 g/mol. The molecule has 1 aromatic rings. The van der Waals surface area contributed by atoms with E-state index in [4.69, 9.17) is 44.8 Å². The fourth-order valence-corrected chi connectivity index (χ4v) is 1.98. The molecule has 0 aliphatic carbocycles. The number of Topliss-reactive ketones (excluding diaryl/α,β-unsaturated/α-hetero) is 1. The number of halogens is 4. The topological polar surface area (TPSA) is 50.1 Å². The van der Waals surface area contributed by atoms with E-state index in [1.54, 1.807) is 6.07 Å². The Morgan fingerprint density at radius 1 is 1.35 bits per heavy atom. The van der Waals surface area contributed by atoms with E-state index in [9.17, 15) is 9.18 Å². The van der Waals surface area contributed by atoms with Crippen LogP contribution in [0.15, 0.2) is 0 Å². The number of carbonyl (C=O) groups is 1. The largest absolute Gasteiger partial charge is 0.476 e. The summed E-state index contributed by atoms with van der Waals surface area (Å²) in [4.78, 5) is 11.2. The van der Waals surface area contributed by atoms with Crippen molar-refractivity contribution in [3.8, 4) is 11.8 Å². The number of nitrogens with zero attached hydrogens (tertiary/aromatic N) is 1. The highest BCUT2D eigenvalue weighted by Crippen LogP contribution is 2.43. The fourth-order valence-electron chi connectivity index (χ4n) is 1.15. The van der Waals surface area contributed by atoms with Crippen LogP contribution < -0.4 is 4.74 Å². The highest BCUT2D eigenvalue weighted by atomic mass is 35.5. The van der Waals surface area contributed by atoms with Gasteiger partial charge in [-0.2, -0.15) is 5.26 Å². The zero-order chi connectivity index (χ0) is 13.2. The van der Waals surface area contributed by atoms with E-state index in [1.165, 1.54) is 0 Å². The average molecular weight is 297 g/mol. The molecule has 0 aliphatic rings. The van der Waals surface area contributed by atoms with Gasteiger partial charge in [0.1, 0.15) is 11.1 Å². The van der Waals surface area contributed by atoms with E-state index in [-0.39, 0.29) is 22.4 Å². The van der Waals surface area contributed by atoms with Gasteiger partial charge in [0.15, 0.2) is 24.0 Å². The predicted octanol–water partition coefficient (Wildman–Crippen LogP) is 3.89. The maximum atomic E-state index is 13.6. The van der Waals surface area contributed by atoms with Crippen LogP contribution in [0.4, 0.5) is 4.39 Å². The molecule has 0 aliphatic heterocycles. The van der Waals surface area contributed by atoms with Gasteiger partial charge >= 0.3 is 0 Å². The van der Waals surface area contributed by atoms with Gasteiger partial charge < -0.3 is 4.74 Å². The molecule has 0 unspecified atom stereocenters. The molecule has 0 radical (unpaired) electrons. The Kier molecular flexibility index (Phi) is 4.58. The maximum Gasteiger partial charge on any atom is 0.174 e. The minimum absolute atomic E-state index is 0.175. The first-order chi connectivity index (χ1) is 7.91. The smallest absolute Gasteiger partial charge is 0.174 e. The zero-order valence-electron chi connectivity index (χ0n) is 8.48. The molecule has 7 heteroatoms. The molecule has 90 valence electrons. The van der Waals surface area contributed by atoms with Crippen LogP contribution in [0.3, 0.4) is 0 Å². The summed E-state index contributed by atoms with van der Waals surface area (Å²) in [6, 6.07) is 1.69.